The average molecular weight is 417 g/mol. The molecule has 0 saturated carbocycles. The molecule has 0 N–H and O–H groups in total. The fourth-order valence-electron chi connectivity index (χ4n) is 5.31. The zero-order valence-corrected chi connectivity index (χ0v) is 18.6. The van der Waals surface area contributed by atoms with Crippen LogP contribution in [0.15, 0.2) is 97.2 Å². The van der Waals surface area contributed by atoms with Crippen LogP contribution >= 0.6 is 0 Å². The zero-order chi connectivity index (χ0) is 21.3. The number of nitrogens with zero attached hydrogens (tertiary/aromatic N) is 2. The topological polar surface area (TPSA) is 36.7 Å². The van der Waals surface area contributed by atoms with Crippen LogP contribution < -0.4 is 20.7 Å². The smallest absolute Gasteiger partial charge is 0.180 e. The summed E-state index contributed by atoms with van der Waals surface area (Å²) in [5.74, 6) is 0.201. The number of aromatic nitrogens is 1. The molecule has 0 bridgehead atoms. The van der Waals surface area contributed by atoms with E-state index in [1.54, 1.807) is 0 Å². The highest BCUT2D eigenvalue weighted by molar-refractivity contribution is 7.20. The summed E-state index contributed by atoms with van der Waals surface area (Å²) in [7, 11) is -2.51. The Morgan fingerprint density at radius 1 is 0.806 bits per heavy atom. The molecule has 3 heteroatoms. The second kappa shape index (κ2) is 7.98. The first kappa shape index (κ1) is 19.5. The Morgan fingerprint density at radius 2 is 1.42 bits per heavy atom. The standard InChI is InChI=1S/C28H24N2Si/c1-21-19-28-26(20-30-21)24(16-10-18-29)25-15-8-9-17-27(25)31(28,22-11-4-2-5-12-22)23-13-6-3-7-14-23/h2-9,11-15,17,19-20,24H,10,16H2,1H3. The molecule has 0 aliphatic carbocycles. The van der Waals surface area contributed by atoms with E-state index in [4.69, 9.17) is 4.98 Å². The molecule has 0 fully saturated rings. The molecule has 1 aliphatic heterocycles. The minimum atomic E-state index is -2.51. The minimum absolute atomic E-state index is 0.201. The minimum Gasteiger partial charge on any atom is -0.261 e. The van der Waals surface area contributed by atoms with E-state index in [2.05, 4.69) is 110 Å². The Labute approximate surface area is 184 Å². The maximum Gasteiger partial charge on any atom is 0.180 e. The average Bonchev–Trinajstić information content (AvgIpc) is 2.83. The third-order valence-electron chi connectivity index (χ3n) is 6.55. The van der Waals surface area contributed by atoms with Gasteiger partial charge in [-0.15, -0.1) is 0 Å². The van der Waals surface area contributed by atoms with Crippen molar-refractivity contribution in [3.8, 4) is 6.07 Å². The lowest BCUT2D eigenvalue weighted by Crippen LogP contribution is -2.77. The van der Waals surface area contributed by atoms with Crippen molar-refractivity contribution in [1.29, 1.82) is 5.26 Å². The summed E-state index contributed by atoms with van der Waals surface area (Å²) in [6.07, 6.45) is 3.44. The maximum atomic E-state index is 9.34. The van der Waals surface area contributed by atoms with Gasteiger partial charge < -0.3 is 0 Å². The van der Waals surface area contributed by atoms with Crippen LogP contribution in [0.4, 0.5) is 0 Å². The third kappa shape index (κ3) is 3.03. The monoisotopic (exact) mass is 416 g/mol. The number of nitriles is 1. The second-order valence-corrected chi connectivity index (χ2v) is 12.0. The van der Waals surface area contributed by atoms with Crippen LogP contribution in [-0.2, 0) is 0 Å². The highest BCUT2D eigenvalue weighted by atomic mass is 28.3. The molecular formula is C28H24N2Si. The summed E-state index contributed by atoms with van der Waals surface area (Å²) in [5, 5.41) is 15.0. The first-order valence-corrected chi connectivity index (χ1v) is 12.8. The Balaban J connectivity index is 1.94. The molecule has 0 amide bonds. The largest absolute Gasteiger partial charge is 0.261 e. The van der Waals surface area contributed by atoms with Crippen LogP contribution in [0.25, 0.3) is 0 Å². The van der Waals surface area contributed by atoms with E-state index in [0.717, 1.165) is 12.1 Å². The van der Waals surface area contributed by atoms with Crippen molar-refractivity contribution in [3.05, 3.63) is 114 Å². The van der Waals surface area contributed by atoms with Gasteiger partial charge in [0.2, 0.25) is 0 Å². The van der Waals surface area contributed by atoms with Crippen LogP contribution in [-0.4, -0.2) is 13.1 Å². The molecule has 0 radical (unpaired) electrons. The van der Waals surface area contributed by atoms with Crippen LogP contribution in [0.5, 0.6) is 0 Å². The van der Waals surface area contributed by atoms with E-state index in [0.29, 0.717) is 6.42 Å². The van der Waals surface area contributed by atoms with E-state index in [1.807, 2.05) is 0 Å². The molecule has 2 nitrogen and oxygen atoms in total. The third-order valence-corrected chi connectivity index (χ3v) is 11.5. The number of benzene rings is 3. The van der Waals surface area contributed by atoms with Crippen LogP contribution in [0, 0.1) is 18.3 Å². The molecule has 4 aromatic rings. The first-order valence-electron chi connectivity index (χ1n) is 10.8. The van der Waals surface area contributed by atoms with Gasteiger partial charge in [-0.1, -0.05) is 84.9 Å². The highest BCUT2D eigenvalue weighted by Gasteiger charge is 2.48. The first-order chi connectivity index (χ1) is 15.3. The van der Waals surface area contributed by atoms with E-state index in [1.165, 1.54) is 31.9 Å². The lowest BCUT2D eigenvalue weighted by Gasteiger charge is -2.43. The van der Waals surface area contributed by atoms with Crippen molar-refractivity contribution in [2.45, 2.75) is 25.7 Å². The van der Waals surface area contributed by atoms with Crippen LogP contribution in [0.1, 0.15) is 35.6 Å². The van der Waals surface area contributed by atoms with E-state index < -0.39 is 8.07 Å². The van der Waals surface area contributed by atoms with Gasteiger partial charge in [0.1, 0.15) is 0 Å². The van der Waals surface area contributed by atoms with Crippen molar-refractivity contribution in [3.63, 3.8) is 0 Å². The fraction of sp³-hybridized carbons (Fsp3) is 0.143. The molecule has 1 aliphatic rings. The molecule has 1 aromatic heterocycles. The molecule has 5 rings (SSSR count). The van der Waals surface area contributed by atoms with Crippen molar-refractivity contribution in [1.82, 2.24) is 4.98 Å². The number of aryl methyl sites for hydroxylation is 1. The summed E-state index contributed by atoms with van der Waals surface area (Å²) in [6, 6.07) is 35.6. The normalized spacial score (nSPS) is 16.1. The number of hydrogen-bond acceptors (Lipinski definition) is 2. The lowest BCUT2D eigenvalue weighted by atomic mass is 9.87. The van der Waals surface area contributed by atoms with Crippen LogP contribution in [0.2, 0.25) is 0 Å². The summed E-state index contributed by atoms with van der Waals surface area (Å²) in [5.41, 5.74) is 3.69. The molecule has 150 valence electrons. The van der Waals surface area contributed by atoms with Gasteiger partial charge in [-0.2, -0.15) is 5.26 Å². The van der Waals surface area contributed by atoms with E-state index in [-0.39, 0.29) is 5.92 Å². The molecule has 2 heterocycles. The molecule has 3 aromatic carbocycles. The Hall–Kier alpha value is -3.48. The van der Waals surface area contributed by atoms with Gasteiger partial charge in [-0.25, -0.2) is 0 Å². The molecule has 1 unspecified atom stereocenters. The molecule has 0 saturated heterocycles. The van der Waals surface area contributed by atoms with Gasteiger partial charge in [0, 0.05) is 24.2 Å². The second-order valence-electron chi connectivity index (χ2n) is 8.23. The predicted octanol–water partition coefficient (Wildman–Crippen LogP) is 3.52. The van der Waals surface area contributed by atoms with Gasteiger partial charge in [0.15, 0.2) is 8.07 Å². The maximum absolute atomic E-state index is 9.34. The Morgan fingerprint density at radius 3 is 2.06 bits per heavy atom. The summed E-state index contributed by atoms with van der Waals surface area (Å²) in [4.78, 5) is 4.72. The molecule has 31 heavy (non-hydrogen) atoms. The van der Waals surface area contributed by atoms with Gasteiger partial charge in [0.05, 0.1) is 6.07 Å². The lowest BCUT2D eigenvalue weighted by molar-refractivity contribution is 0.733. The van der Waals surface area contributed by atoms with Gasteiger partial charge in [-0.3, -0.25) is 4.98 Å². The predicted molar refractivity (Wildman–Crippen MR) is 129 cm³/mol. The van der Waals surface area contributed by atoms with Gasteiger partial charge in [0.25, 0.3) is 0 Å². The molecular weight excluding hydrogens is 392 g/mol. The Kier molecular flexibility index (Phi) is 5.01. The summed E-state index contributed by atoms with van der Waals surface area (Å²) < 4.78 is 0. The van der Waals surface area contributed by atoms with Crippen molar-refractivity contribution < 1.29 is 0 Å². The van der Waals surface area contributed by atoms with Crippen molar-refractivity contribution in [2.24, 2.45) is 0 Å². The SMILES string of the molecule is Cc1cc2c(cn1)C(CCC#N)c1ccccc1[Si]2(c1ccccc1)c1ccccc1. The highest BCUT2D eigenvalue weighted by Crippen LogP contribution is 2.33. The number of hydrogen-bond donors (Lipinski definition) is 0. The fourth-order valence-corrected chi connectivity index (χ4v) is 10.7. The van der Waals surface area contributed by atoms with Gasteiger partial charge in [-0.05, 0) is 51.3 Å². The van der Waals surface area contributed by atoms with Gasteiger partial charge >= 0.3 is 0 Å². The number of rotatable bonds is 4. The quantitative estimate of drug-likeness (QED) is 0.477. The molecule has 0 spiro atoms. The summed E-state index contributed by atoms with van der Waals surface area (Å²) in [6.45, 7) is 2.08. The number of fused-ring (bicyclic) bond motifs is 2. The van der Waals surface area contributed by atoms with Crippen molar-refractivity contribution >= 4 is 28.8 Å². The van der Waals surface area contributed by atoms with E-state index in [9.17, 15) is 5.26 Å². The summed E-state index contributed by atoms with van der Waals surface area (Å²) >= 11 is 0. The van der Waals surface area contributed by atoms with Crippen molar-refractivity contribution in [2.75, 3.05) is 0 Å². The van der Waals surface area contributed by atoms with E-state index >= 15 is 0 Å². The zero-order valence-electron chi connectivity index (χ0n) is 17.6. The number of pyridine rings is 1. The molecule has 1 atom stereocenters. The Bertz CT molecular complexity index is 1220. The van der Waals surface area contributed by atoms with Crippen LogP contribution in [0.3, 0.4) is 0 Å².